The second kappa shape index (κ2) is 3.61. The molecular weight excluding hydrogens is 244 g/mol. The summed E-state index contributed by atoms with van der Waals surface area (Å²) in [6.45, 7) is 0. The Morgan fingerprint density at radius 3 is 2.72 bits per heavy atom. The number of aromatic nitrogens is 4. The summed E-state index contributed by atoms with van der Waals surface area (Å²) in [5.41, 5.74) is 1.78. The van der Waals surface area contributed by atoms with Crippen molar-refractivity contribution >= 4 is 27.8 Å². The van der Waals surface area contributed by atoms with Gasteiger partial charge >= 0.3 is 0 Å². The van der Waals surface area contributed by atoms with Crippen molar-refractivity contribution in [3.05, 3.63) is 48.1 Å². The molecule has 0 spiro atoms. The summed E-state index contributed by atoms with van der Waals surface area (Å²) < 4.78 is 1.73. The Balaban J connectivity index is 2.23. The van der Waals surface area contributed by atoms with Crippen molar-refractivity contribution < 1.29 is 0 Å². The lowest BCUT2D eigenvalue weighted by Gasteiger charge is -2.04. The number of hydrogen-bond donors (Lipinski definition) is 0. The van der Waals surface area contributed by atoms with Crippen molar-refractivity contribution in [3.63, 3.8) is 0 Å². The largest absolute Gasteiger partial charge is 0.199 e. The zero-order valence-electron chi connectivity index (χ0n) is 9.32. The molecule has 0 radical (unpaired) electrons. The van der Waals surface area contributed by atoms with Crippen LogP contribution in [-0.4, -0.2) is 19.8 Å². The van der Waals surface area contributed by atoms with E-state index in [1.54, 1.807) is 22.2 Å². The van der Waals surface area contributed by atoms with Crippen LogP contribution >= 0.6 is 11.3 Å². The summed E-state index contributed by atoms with van der Waals surface area (Å²) in [6.07, 6.45) is 1.64. The minimum atomic E-state index is 0.797. The topological polar surface area (TPSA) is 43.1 Å². The van der Waals surface area contributed by atoms with Gasteiger partial charge in [-0.2, -0.15) is 9.61 Å². The van der Waals surface area contributed by atoms with Crippen molar-refractivity contribution in [1.29, 1.82) is 0 Å². The fraction of sp³-hybridized carbons (Fsp3) is 0. The first-order valence-corrected chi connectivity index (χ1v) is 6.44. The Morgan fingerprint density at radius 2 is 1.89 bits per heavy atom. The fourth-order valence-electron chi connectivity index (χ4n) is 2.12. The van der Waals surface area contributed by atoms with E-state index in [1.165, 1.54) is 0 Å². The second-order valence-electron chi connectivity index (χ2n) is 3.97. The Kier molecular flexibility index (Phi) is 1.95. The Morgan fingerprint density at radius 1 is 1.00 bits per heavy atom. The molecular formula is C13H8N4S. The first kappa shape index (κ1) is 9.73. The molecule has 86 valence electrons. The van der Waals surface area contributed by atoms with Gasteiger partial charge in [-0.25, -0.2) is 0 Å². The molecule has 0 unspecified atom stereocenters. The molecule has 3 heterocycles. The molecule has 3 aromatic heterocycles. The highest BCUT2D eigenvalue weighted by Gasteiger charge is 2.11. The van der Waals surface area contributed by atoms with E-state index < -0.39 is 0 Å². The molecule has 0 atom stereocenters. The van der Waals surface area contributed by atoms with Crippen LogP contribution in [0.25, 0.3) is 27.0 Å². The molecule has 4 nitrogen and oxygen atoms in total. The molecule has 4 aromatic rings. The van der Waals surface area contributed by atoms with Gasteiger partial charge in [0.2, 0.25) is 0 Å². The smallest absolute Gasteiger partial charge is 0.185 e. The molecule has 18 heavy (non-hydrogen) atoms. The maximum atomic E-state index is 4.61. The van der Waals surface area contributed by atoms with Crippen molar-refractivity contribution in [2.75, 3.05) is 0 Å². The van der Waals surface area contributed by atoms with Crippen LogP contribution in [0, 0.1) is 0 Å². The van der Waals surface area contributed by atoms with E-state index in [-0.39, 0.29) is 0 Å². The highest BCUT2D eigenvalue weighted by atomic mass is 32.1. The Labute approximate surface area is 107 Å². The number of fused-ring (bicyclic) bond motifs is 3. The van der Waals surface area contributed by atoms with Crippen molar-refractivity contribution in [3.8, 4) is 10.6 Å². The zero-order chi connectivity index (χ0) is 11.9. The van der Waals surface area contributed by atoms with Gasteiger partial charge in [0.15, 0.2) is 5.65 Å². The average Bonchev–Trinajstić information content (AvgIpc) is 3.09. The Hall–Kier alpha value is -2.27. The summed E-state index contributed by atoms with van der Waals surface area (Å²) in [4.78, 5) is 1.15. The van der Waals surface area contributed by atoms with Crippen molar-refractivity contribution in [2.45, 2.75) is 0 Å². The van der Waals surface area contributed by atoms with Gasteiger partial charge in [0.25, 0.3) is 0 Å². The second-order valence-corrected chi connectivity index (χ2v) is 4.92. The number of thiophene rings is 1. The van der Waals surface area contributed by atoms with E-state index in [2.05, 4.69) is 38.9 Å². The highest BCUT2D eigenvalue weighted by Crippen LogP contribution is 2.30. The number of benzene rings is 1. The van der Waals surface area contributed by atoms with Crippen LogP contribution in [0.3, 0.4) is 0 Å². The summed E-state index contributed by atoms with van der Waals surface area (Å²) in [7, 11) is 0. The first-order valence-electron chi connectivity index (χ1n) is 5.56. The summed E-state index contributed by atoms with van der Waals surface area (Å²) in [5, 5.41) is 16.9. The average molecular weight is 252 g/mol. The first-order chi connectivity index (χ1) is 8.93. The van der Waals surface area contributed by atoms with E-state index in [4.69, 9.17) is 0 Å². The maximum Gasteiger partial charge on any atom is 0.185 e. The molecule has 0 amide bonds. The third kappa shape index (κ3) is 1.28. The highest BCUT2D eigenvalue weighted by molar-refractivity contribution is 7.13. The SMILES string of the molecule is c1csc(-c2nn3cnnc3c3ccccc23)c1. The van der Waals surface area contributed by atoms with Crippen LogP contribution in [0.4, 0.5) is 0 Å². The molecule has 0 saturated heterocycles. The van der Waals surface area contributed by atoms with Gasteiger partial charge in [-0.3, -0.25) is 0 Å². The number of nitrogens with zero attached hydrogens (tertiary/aromatic N) is 4. The van der Waals surface area contributed by atoms with Gasteiger partial charge in [0.1, 0.15) is 12.0 Å². The third-order valence-corrected chi connectivity index (χ3v) is 3.79. The summed E-state index contributed by atoms with van der Waals surface area (Å²) in [5.74, 6) is 0. The normalized spacial score (nSPS) is 11.3. The third-order valence-electron chi connectivity index (χ3n) is 2.92. The van der Waals surface area contributed by atoms with E-state index in [0.717, 1.165) is 27.0 Å². The van der Waals surface area contributed by atoms with Gasteiger partial charge in [-0.1, -0.05) is 30.3 Å². The molecule has 0 bridgehead atoms. The van der Waals surface area contributed by atoms with E-state index in [1.807, 2.05) is 18.2 Å². The lowest BCUT2D eigenvalue weighted by Crippen LogP contribution is -1.95. The van der Waals surface area contributed by atoms with Gasteiger partial charge in [0.05, 0.1) is 4.88 Å². The minimum Gasteiger partial charge on any atom is -0.199 e. The predicted molar refractivity (Wildman–Crippen MR) is 71.6 cm³/mol. The maximum absolute atomic E-state index is 4.61. The molecule has 0 saturated carbocycles. The van der Waals surface area contributed by atoms with Crippen LogP contribution in [0.1, 0.15) is 0 Å². The summed E-state index contributed by atoms with van der Waals surface area (Å²) in [6, 6.07) is 12.3. The predicted octanol–water partition coefficient (Wildman–Crippen LogP) is 3.01. The standard InChI is InChI=1S/C13H8N4S/c1-2-5-10-9(4-1)12(11-6-3-7-18-11)16-17-8-14-15-13(10)17/h1-8H. The molecule has 0 aliphatic carbocycles. The lowest BCUT2D eigenvalue weighted by molar-refractivity contribution is 0.943. The molecule has 0 aliphatic heterocycles. The molecule has 5 heteroatoms. The fourth-order valence-corrected chi connectivity index (χ4v) is 2.85. The van der Waals surface area contributed by atoms with Crippen molar-refractivity contribution in [1.82, 2.24) is 19.8 Å². The van der Waals surface area contributed by atoms with Crippen LogP contribution in [0.5, 0.6) is 0 Å². The Bertz CT molecular complexity index is 833. The molecule has 0 fully saturated rings. The van der Waals surface area contributed by atoms with Crippen LogP contribution < -0.4 is 0 Å². The lowest BCUT2D eigenvalue weighted by atomic mass is 10.1. The van der Waals surface area contributed by atoms with Crippen LogP contribution in [-0.2, 0) is 0 Å². The number of hydrogen-bond acceptors (Lipinski definition) is 4. The van der Waals surface area contributed by atoms with E-state index >= 15 is 0 Å². The van der Waals surface area contributed by atoms with E-state index in [0.29, 0.717) is 0 Å². The van der Waals surface area contributed by atoms with Gasteiger partial charge in [-0.15, -0.1) is 21.5 Å². The molecule has 0 N–H and O–H groups in total. The molecule has 0 aliphatic rings. The van der Waals surface area contributed by atoms with Crippen LogP contribution in [0.2, 0.25) is 0 Å². The van der Waals surface area contributed by atoms with E-state index in [9.17, 15) is 0 Å². The van der Waals surface area contributed by atoms with Gasteiger partial charge in [0, 0.05) is 10.8 Å². The quantitative estimate of drug-likeness (QED) is 0.523. The zero-order valence-corrected chi connectivity index (χ0v) is 10.1. The molecule has 4 rings (SSSR count). The van der Waals surface area contributed by atoms with Gasteiger partial charge < -0.3 is 0 Å². The number of rotatable bonds is 1. The minimum absolute atomic E-state index is 0.797. The van der Waals surface area contributed by atoms with Gasteiger partial charge in [-0.05, 0) is 11.4 Å². The summed E-state index contributed by atoms with van der Waals surface area (Å²) >= 11 is 1.69. The molecule has 1 aromatic carbocycles. The van der Waals surface area contributed by atoms with Crippen LogP contribution in [0.15, 0.2) is 48.1 Å². The van der Waals surface area contributed by atoms with Crippen molar-refractivity contribution in [2.24, 2.45) is 0 Å². The monoisotopic (exact) mass is 252 g/mol.